The quantitative estimate of drug-likeness (QED) is 0.796. The van der Waals surface area contributed by atoms with Gasteiger partial charge in [-0.25, -0.2) is 0 Å². The summed E-state index contributed by atoms with van der Waals surface area (Å²) in [5, 5.41) is 0. The summed E-state index contributed by atoms with van der Waals surface area (Å²) in [6.07, 6.45) is 0. The molecule has 0 amide bonds. The molecular formula is C11H14N2OS2. The first-order valence-electron chi connectivity index (χ1n) is 5.16. The maximum Gasteiger partial charge on any atom is 0.103 e. The molecule has 86 valence electrons. The summed E-state index contributed by atoms with van der Waals surface area (Å²) in [5.41, 5.74) is 7.58. The number of hydrogen-bond acceptors (Lipinski definition) is 3. The van der Waals surface area contributed by atoms with Crippen molar-refractivity contribution in [3.8, 4) is 0 Å². The molecule has 1 fully saturated rings. The minimum Gasteiger partial charge on any atom is -0.389 e. The molecular weight excluding hydrogens is 240 g/mol. The lowest BCUT2D eigenvalue weighted by atomic mass is 10.2. The maximum atomic E-state index is 11.2. The SMILES string of the molecule is NC(=S)c1ccc(N2CCS(=O)CC2)cc1. The number of anilines is 1. The normalized spacial score (nSPS) is 17.4. The van der Waals surface area contributed by atoms with Crippen molar-refractivity contribution in [2.45, 2.75) is 0 Å². The van der Waals surface area contributed by atoms with Gasteiger partial charge in [0.25, 0.3) is 0 Å². The van der Waals surface area contributed by atoms with Crippen molar-refractivity contribution in [3.05, 3.63) is 29.8 Å². The minimum atomic E-state index is -0.629. The molecule has 0 aromatic heterocycles. The molecule has 5 heteroatoms. The van der Waals surface area contributed by atoms with Gasteiger partial charge in [0, 0.05) is 46.6 Å². The molecule has 0 bridgehead atoms. The van der Waals surface area contributed by atoms with E-state index >= 15 is 0 Å². The van der Waals surface area contributed by atoms with E-state index in [1.54, 1.807) is 0 Å². The predicted molar refractivity (Wildman–Crippen MR) is 72.4 cm³/mol. The summed E-state index contributed by atoms with van der Waals surface area (Å²) in [5.74, 6) is 1.52. The van der Waals surface area contributed by atoms with Gasteiger partial charge in [-0.15, -0.1) is 0 Å². The van der Waals surface area contributed by atoms with Crippen molar-refractivity contribution in [1.29, 1.82) is 0 Å². The first-order valence-corrected chi connectivity index (χ1v) is 7.06. The van der Waals surface area contributed by atoms with Crippen LogP contribution in [0, 0.1) is 0 Å². The molecule has 3 nitrogen and oxygen atoms in total. The lowest BCUT2D eigenvalue weighted by Crippen LogP contribution is -2.37. The highest BCUT2D eigenvalue weighted by Gasteiger charge is 2.15. The fourth-order valence-corrected chi connectivity index (χ4v) is 2.92. The zero-order valence-corrected chi connectivity index (χ0v) is 10.5. The van der Waals surface area contributed by atoms with Gasteiger partial charge in [0.1, 0.15) is 4.99 Å². The van der Waals surface area contributed by atoms with Crippen molar-refractivity contribution >= 4 is 33.7 Å². The highest BCUT2D eigenvalue weighted by Crippen LogP contribution is 2.17. The van der Waals surface area contributed by atoms with Crippen molar-refractivity contribution < 1.29 is 4.21 Å². The van der Waals surface area contributed by atoms with Crippen LogP contribution < -0.4 is 10.6 Å². The van der Waals surface area contributed by atoms with Crippen LogP contribution in [0.1, 0.15) is 5.56 Å². The summed E-state index contributed by atoms with van der Waals surface area (Å²) in [7, 11) is -0.629. The molecule has 1 aromatic carbocycles. The van der Waals surface area contributed by atoms with E-state index in [2.05, 4.69) is 4.90 Å². The molecule has 1 aliphatic heterocycles. The molecule has 1 heterocycles. The van der Waals surface area contributed by atoms with Gasteiger partial charge < -0.3 is 10.6 Å². The number of benzene rings is 1. The Morgan fingerprint density at radius 3 is 2.31 bits per heavy atom. The highest BCUT2D eigenvalue weighted by molar-refractivity contribution is 7.85. The average Bonchev–Trinajstić information content (AvgIpc) is 2.30. The summed E-state index contributed by atoms with van der Waals surface area (Å²) in [4.78, 5) is 2.66. The van der Waals surface area contributed by atoms with E-state index in [1.807, 2.05) is 24.3 Å². The Kier molecular flexibility index (Phi) is 3.56. The zero-order valence-electron chi connectivity index (χ0n) is 8.89. The van der Waals surface area contributed by atoms with E-state index in [0.29, 0.717) is 4.99 Å². The second kappa shape index (κ2) is 4.93. The van der Waals surface area contributed by atoms with E-state index in [1.165, 1.54) is 0 Å². The Bertz CT molecular complexity index is 406. The van der Waals surface area contributed by atoms with E-state index < -0.39 is 10.8 Å². The third-order valence-electron chi connectivity index (χ3n) is 2.69. The molecule has 1 aliphatic rings. The largest absolute Gasteiger partial charge is 0.389 e. The van der Waals surface area contributed by atoms with Crippen molar-refractivity contribution in [1.82, 2.24) is 0 Å². The molecule has 0 radical (unpaired) electrons. The first-order chi connectivity index (χ1) is 7.66. The molecule has 1 saturated heterocycles. The van der Waals surface area contributed by atoms with Crippen LogP contribution in [-0.2, 0) is 10.8 Å². The van der Waals surface area contributed by atoms with Gasteiger partial charge in [-0.05, 0) is 24.3 Å². The fraction of sp³-hybridized carbons (Fsp3) is 0.364. The fourth-order valence-electron chi connectivity index (χ4n) is 1.73. The topological polar surface area (TPSA) is 46.3 Å². The van der Waals surface area contributed by atoms with E-state index in [0.717, 1.165) is 35.8 Å². The predicted octanol–water partition coefficient (Wildman–Crippen LogP) is 0.889. The second-order valence-corrected chi connectivity index (χ2v) is 5.88. The van der Waals surface area contributed by atoms with Gasteiger partial charge in [0.15, 0.2) is 0 Å². The van der Waals surface area contributed by atoms with Gasteiger partial charge in [-0.1, -0.05) is 12.2 Å². The third-order valence-corrected chi connectivity index (χ3v) is 4.21. The van der Waals surface area contributed by atoms with Gasteiger partial charge in [-0.2, -0.15) is 0 Å². The Labute approximate surface area is 103 Å². The number of thiocarbonyl (C=S) groups is 1. The van der Waals surface area contributed by atoms with E-state index in [4.69, 9.17) is 18.0 Å². The lowest BCUT2D eigenvalue weighted by Gasteiger charge is -2.28. The van der Waals surface area contributed by atoms with Crippen LogP contribution in [0.3, 0.4) is 0 Å². The van der Waals surface area contributed by atoms with Gasteiger partial charge in [0.05, 0.1) is 0 Å². The summed E-state index contributed by atoms with van der Waals surface area (Å²) in [6, 6.07) is 7.90. The number of nitrogens with zero attached hydrogens (tertiary/aromatic N) is 1. The molecule has 0 atom stereocenters. The molecule has 2 rings (SSSR count). The number of nitrogens with two attached hydrogens (primary N) is 1. The van der Waals surface area contributed by atoms with Gasteiger partial charge >= 0.3 is 0 Å². The number of hydrogen-bond donors (Lipinski definition) is 1. The molecule has 0 aliphatic carbocycles. The van der Waals surface area contributed by atoms with Crippen LogP contribution in [0.15, 0.2) is 24.3 Å². The monoisotopic (exact) mass is 254 g/mol. The van der Waals surface area contributed by atoms with Crippen LogP contribution in [0.2, 0.25) is 0 Å². The van der Waals surface area contributed by atoms with Gasteiger partial charge in [-0.3, -0.25) is 4.21 Å². The summed E-state index contributed by atoms with van der Waals surface area (Å²) < 4.78 is 11.2. The Morgan fingerprint density at radius 1 is 1.25 bits per heavy atom. The molecule has 0 spiro atoms. The second-order valence-electron chi connectivity index (χ2n) is 3.75. The smallest absolute Gasteiger partial charge is 0.103 e. The summed E-state index contributed by atoms with van der Waals surface area (Å²) >= 11 is 4.90. The first kappa shape index (κ1) is 11.5. The van der Waals surface area contributed by atoms with Crippen molar-refractivity contribution in [2.24, 2.45) is 5.73 Å². The average molecular weight is 254 g/mol. The van der Waals surface area contributed by atoms with Crippen LogP contribution in [0.4, 0.5) is 5.69 Å². The molecule has 0 saturated carbocycles. The van der Waals surface area contributed by atoms with Gasteiger partial charge in [0.2, 0.25) is 0 Å². The standard InChI is InChI=1S/C11H14N2OS2/c12-11(15)9-1-3-10(4-2-9)13-5-7-16(14)8-6-13/h1-4H,5-8H2,(H2,12,15). The van der Waals surface area contributed by atoms with Crippen LogP contribution in [0.25, 0.3) is 0 Å². The van der Waals surface area contributed by atoms with Crippen LogP contribution in [-0.4, -0.2) is 33.8 Å². The Hall–Kier alpha value is -0.940. The maximum absolute atomic E-state index is 11.2. The Morgan fingerprint density at radius 2 is 1.81 bits per heavy atom. The van der Waals surface area contributed by atoms with Crippen molar-refractivity contribution in [2.75, 3.05) is 29.5 Å². The minimum absolute atomic E-state index is 0.422. The van der Waals surface area contributed by atoms with E-state index in [-0.39, 0.29) is 0 Å². The third kappa shape index (κ3) is 2.59. The molecule has 0 unspecified atom stereocenters. The van der Waals surface area contributed by atoms with Crippen LogP contribution in [0.5, 0.6) is 0 Å². The highest BCUT2D eigenvalue weighted by atomic mass is 32.2. The van der Waals surface area contributed by atoms with Crippen molar-refractivity contribution in [3.63, 3.8) is 0 Å². The number of rotatable bonds is 2. The molecule has 16 heavy (non-hydrogen) atoms. The van der Waals surface area contributed by atoms with E-state index in [9.17, 15) is 4.21 Å². The van der Waals surface area contributed by atoms with Crippen LogP contribution >= 0.6 is 12.2 Å². The lowest BCUT2D eigenvalue weighted by molar-refractivity contribution is 0.673. The molecule has 1 aromatic rings. The Balaban J connectivity index is 2.10. The summed E-state index contributed by atoms with van der Waals surface area (Å²) in [6.45, 7) is 1.72. The zero-order chi connectivity index (χ0) is 11.5. The molecule has 2 N–H and O–H groups in total.